The van der Waals surface area contributed by atoms with Gasteiger partial charge in [-0.15, -0.1) is 0 Å². The van der Waals surface area contributed by atoms with Gasteiger partial charge in [0.25, 0.3) is 5.91 Å². The molecular formula is C21H23F3N2O4S. The molecule has 168 valence electrons. The Hall–Kier alpha value is -2.43. The molecule has 2 atom stereocenters. The van der Waals surface area contributed by atoms with E-state index in [-0.39, 0.29) is 47.9 Å². The van der Waals surface area contributed by atoms with Crippen LogP contribution in [0.5, 0.6) is 0 Å². The fraction of sp³-hybridized carbons (Fsp3) is 0.381. The molecule has 0 unspecified atom stereocenters. The molecule has 31 heavy (non-hydrogen) atoms. The van der Waals surface area contributed by atoms with Crippen molar-refractivity contribution in [2.24, 2.45) is 0 Å². The number of rotatable bonds is 5. The fourth-order valence-corrected chi connectivity index (χ4v) is 5.05. The topological polar surface area (TPSA) is 75.7 Å². The zero-order valence-corrected chi connectivity index (χ0v) is 17.8. The molecule has 1 amide bonds. The maximum Gasteiger partial charge on any atom is 0.416 e. The van der Waals surface area contributed by atoms with Gasteiger partial charge in [0, 0.05) is 25.2 Å². The number of hydrogen-bond donors (Lipinski definition) is 1. The Kier molecular flexibility index (Phi) is 6.73. The highest BCUT2D eigenvalue weighted by Crippen LogP contribution is 2.29. The van der Waals surface area contributed by atoms with Crippen LogP contribution in [0.2, 0.25) is 0 Å². The van der Waals surface area contributed by atoms with Gasteiger partial charge >= 0.3 is 6.18 Å². The number of nitrogens with one attached hydrogen (secondary N) is 1. The molecule has 0 saturated carbocycles. The van der Waals surface area contributed by atoms with E-state index < -0.39 is 27.7 Å². The minimum atomic E-state index is -4.48. The van der Waals surface area contributed by atoms with Crippen LogP contribution >= 0.6 is 0 Å². The lowest BCUT2D eigenvalue weighted by molar-refractivity contribution is -0.137. The number of ether oxygens (including phenoxy) is 1. The molecule has 1 aliphatic rings. The first-order valence-corrected chi connectivity index (χ1v) is 11.1. The average Bonchev–Trinajstić information content (AvgIpc) is 2.71. The van der Waals surface area contributed by atoms with E-state index in [1.165, 1.54) is 40.7 Å². The van der Waals surface area contributed by atoms with Crippen LogP contribution in [0.25, 0.3) is 0 Å². The molecule has 0 bridgehead atoms. The van der Waals surface area contributed by atoms with Gasteiger partial charge < -0.3 is 10.1 Å². The smallest absolute Gasteiger partial charge is 0.373 e. The summed E-state index contributed by atoms with van der Waals surface area (Å²) in [5, 5.41) is 2.53. The van der Waals surface area contributed by atoms with Gasteiger partial charge in [-0.05, 0) is 49.7 Å². The minimum absolute atomic E-state index is 0.0273. The number of alkyl halides is 3. The molecule has 1 fully saturated rings. The molecule has 0 radical (unpaired) electrons. The summed E-state index contributed by atoms with van der Waals surface area (Å²) in [6, 6.07) is 10.2. The van der Waals surface area contributed by atoms with Crippen LogP contribution in [-0.2, 0) is 27.5 Å². The Balaban J connectivity index is 1.73. The predicted molar refractivity (Wildman–Crippen MR) is 108 cm³/mol. The summed E-state index contributed by atoms with van der Waals surface area (Å²) in [5.41, 5.74) is -0.424. The number of hydrogen-bond acceptors (Lipinski definition) is 4. The zero-order chi connectivity index (χ0) is 22.8. The summed E-state index contributed by atoms with van der Waals surface area (Å²) in [6.07, 6.45) is -4.98. The van der Waals surface area contributed by atoms with Gasteiger partial charge in [0.2, 0.25) is 10.0 Å². The Labute approximate surface area is 179 Å². The lowest BCUT2D eigenvalue weighted by Gasteiger charge is -2.34. The van der Waals surface area contributed by atoms with Gasteiger partial charge in [-0.1, -0.05) is 18.2 Å². The molecular weight excluding hydrogens is 433 g/mol. The number of amides is 1. The quantitative estimate of drug-likeness (QED) is 0.748. The number of benzene rings is 2. The van der Waals surface area contributed by atoms with E-state index in [9.17, 15) is 26.4 Å². The molecule has 2 aromatic rings. The third-order valence-corrected chi connectivity index (χ3v) is 6.66. The van der Waals surface area contributed by atoms with Gasteiger partial charge in [0.1, 0.15) is 0 Å². The first kappa shape index (κ1) is 23.2. The maximum atomic E-state index is 13.0. The summed E-state index contributed by atoms with van der Waals surface area (Å²) >= 11 is 0. The average molecular weight is 456 g/mol. The van der Waals surface area contributed by atoms with E-state index in [0.717, 1.165) is 12.1 Å². The lowest BCUT2D eigenvalue weighted by atomic mass is 10.1. The molecule has 1 N–H and O–H groups in total. The van der Waals surface area contributed by atoms with Gasteiger partial charge in [-0.2, -0.15) is 17.5 Å². The highest BCUT2D eigenvalue weighted by atomic mass is 32.2. The lowest BCUT2D eigenvalue weighted by Crippen LogP contribution is -2.48. The van der Waals surface area contributed by atoms with Crippen molar-refractivity contribution < 1.29 is 31.1 Å². The largest absolute Gasteiger partial charge is 0.416 e. The van der Waals surface area contributed by atoms with Crippen molar-refractivity contribution in [3.05, 3.63) is 65.2 Å². The first-order valence-electron chi connectivity index (χ1n) is 9.67. The van der Waals surface area contributed by atoms with Crippen molar-refractivity contribution in [1.29, 1.82) is 0 Å². The summed E-state index contributed by atoms with van der Waals surface area (Å²) in [4.78, 5) is 12.5. The fourth-order valence-electron chi connectivity index (χ4n) is 3.42. The second-order valence-electron chi connectivity index (χ2n) is 7.49. The molecule has 1 heterocycles. The number of carbonyl (C=O) groups is 1. The van der Waals surface area contributed by atoms with Crippen molar-refractivity contribution in [2.45, 2.75) is 43.7 Å². The molecule has 1 aliphatic heterocycles. The van der Waals surface area contributed by atoms with E-state index in [4.69, 9.17) is 4.74 Å². The van der Waals surface area contributed by atoms with Crippen LogP contribution in [-0.4, -0.2) is 43.9 Å². The zero-order valence-electron chi connectivity index (χ0n) is 17.0. The van der Waals surface area contributed by atoms with Crippen LogP contribution in [0.15, 0.2) is 53.4 Å². The van der Waals surface area contributed by atoms with E-state index in [1.54, 1.807) is 13.8 Å². The number of nitrogens with zero attached hydrogens (tertiary/aromatic N) is 1. The van der Waals surface area contributed by atoms with Crippen LogP contribution in [0, 0.1) is 0 Å². The molecule has 0 aromatic heterocycles. The molecule has 0 spiro atoms. The molecule has 3 rings (SSSR count). The van der Waals surface area contributed by atoms with Crippen molar-refractivity contribution in [1.82, 2.24) is 9.62 Å². The molecule has 10 heteroatoms. The summed E-state index contributed by atoms with van der Waals surface area (Å²) in [6.45, 7) is 3.86. The Morgan fingerprint density at radius 1 is 1.10 bits per heavy atom. The van der Waals surface area contributed by atoms with Gasteiger partial charge in [-0.3, -0.25) is 4.79 Å². The number of halogens is 3. The van der Waals surface area contributed by atoms with Crippen molar-refractivity contribution in [3.8, 4) is 0 Å². The monoisotopic (exact) mass is 456 g/mol. The minimum Gasteiger partial charge on any atom is -0.373 e. The van der Waals surface area contributed by atoms with Gasteiger partial charge in [-0.25, -0.2) is 8.42 Å². The number of morpholine rings is 1. The Morgan fingerprint density at radius 2 is 1.74 bits per heavy atom. The Bertz CT molecular complexity index is 1050. The molecule has 2 aromatic carbocycles. The normalized spacial score (nSPS) is 20.4. The third-order valence-electron chi connectivity index (χ3n) is 4.83. The first-order chi connectivity index (χ1) is 14.5. The van der Waals surface area contributed by atoms with Gasteiger partial charge in [0.15, 0.2) is 0 Å². The summed E-state index contributed by atoms with van der Waals surface area (Å²) in [7, 11) is -3.82. The SMILES string of the molecule is C[C@@H]1CN(S(=O)(=O)c2cccc(C(=O)NCc3cccc(C(F)(F)F)c3)c2)C[C@H](C)O1. The highest BCUT2D eigenvalue weighted by Gasteiger charge is 2.33. The predicted octanol–water partition coefficient (Wildman–Crippen LogP) is 3.43. The third kappa shape index (κ3) is 5.63. The summed E-state index contributed by atoms with van der Waals surface area (Å²) in [5.74, 6) is -0.585. The van der Waals surface area contributed by atoms with Crippen molar-refractivity contribution in [2.75, 3.05) is 13.1 Å². The number of sulfonamides is 1. The van der Waals surface area contributed by atoms with Gasteiger partial charge in [0.05, 0.1) is 22.7 Å². The van der Waals surface area contributed by atoms with Crippen LogP contribution < -0.4 is 5.32 Å². The second kappa shape index (κ2) is 8.97. The van der Waals surface area contributed by atoms with E-state index >= 15 is 0 Å². The van der Waals surface area contributed by atoms with Crippen LogP contribution in [0.4, 0.5) is 13.2 Å². The van der Waals surface area contributed by atoms with E-state index in [1.807, 2.05) is 0 Å². The van der Waals surface area contributed by atoms with Crippen LogP contribution in [0.3, 0.4) is 0 Å². The van der Waals surface area contributed by atoms with E-state index in [2.05, 4.69) is 5.32 Å². The van der Waals surface area contributed by atoms with Crippen molar-refractivity contribution >= 4 is 15.9 Å². The molecule has 0 aliphatic carbocycles. The highest BCUT2D eigenvalue weighted by molar-refractivity contribution is 7.89. The second-order valence-corrected chi connectivity index (χ2v) is 9.43. The Morgan fingerprint density at radius 3 is 2.39 bits per heavy atom. The van der Waals surface area contributed by atoms with Crippen molar-refractivity contribution in [3.63, 3.8) is 0 Å². The van der Waals surface area contributed by atoms with Crippen LogP contribution in [0.1, 0.15) is 35.3 Å². The summed E-state index contributed by atoms with van der Waals surface area (Å²) < 4.78 is 71.4. The number of carbonyl (C=O) groups excluding carboxylic acids is 1. The maximum absolute atomic E-state index is 13.0. The van der Waals surface area contributed by atoms with E-state index in [0.29, 0.717) is 0 Å². The molecule has 1 saturated heterocycles. The molecule has 6 nitrogen and oxygen atoms in total. The standard InChI is InChI=1S/C21H23F3N2O4S/c1-14-12-26(13-15(2)30-14)31(28,29)19-8-4-6-17(10-19)20(27)25-11-16-5-3-7-18(9-16)21(22,23)24/h3-10,14-15H,11-13H2,1-2H3,(H,25,27)/t14-,15+.